The van der Waals surface area contributed by atoms with E-state index in [0.717, 1.165) is 17.9 Å². The number of aromatic nitrogens is 2. The van der Waals surface area contributed by atoms with E-state index in [-0.39, 0.29) is 24.9 Å². The van der Waals surface area contributed by atoms with E-state index < -0.39 is 0 Å². The Bertz CT molecular complexity index is 757. The van der Waals surface area contributed by atoms with Gasteiger partial charge in [0.05, 0.1) is 32.1 Å². The first-order chi connectivity index (χ1) is 11.8. The first-order valence-electron chi connectivity index (χ1n) is 7.84. The average molecular weight is 361 g/mol. The van der Waals surface area contributed by atoms with E-state index in [4.69, 9.17) is 4.42 Å². The van der Waals surface area contributed by atoms with Crippen molar-refractivity contribution in [3.8, 4) is 0 Å². The lowest BCUT2D eigenvalue weighted by Gasteiger charge is -2.04. The number of nitrogens with zero attached hydrogens (tertiary/aromatic N) is 2. The van der Waals surface area contributed by atoms with Crippen molar-refractivity contribution in [2.75, 3.05) is 6.54 Å². The Morgan fingerprint density at radius 1 is 1.08 bits per heavy atom. The molecule has 6 nitrogen and oxygen atoms in total. The van der Waals surface area contributed by atoms with E-state index in [9.17, 15) is 4.79 Å². The predicted molar refractivity (Wildman–Crippen MR) is 97.3 cm³/mol. The maximum Gasteiger partial charge on any atom is 0.234 e. The Morgan fingerprint density at radius 3 is 2.68 bits per heavy atom. The summed E-state index contributed by atoms with van der Waals surface area (Å²) in [5.74, 6) is 0.675. The van der Waals surface area contributed by atoms with Crippen LogP contribution in [-0.2, 0) is 24.4 Å². The van der Waals surface area contributed by atoms with Crippen LogP contribution in [-0.4, -0.2) is 22.2 Å². The monoisotopic (exact) mass is 360 g/mol. The standard InChI is InChI=1S/C18H20N4O2.ClH/c23-18(20-11-17-7-4-8-24-17)12-19-9-16-10-21-22(14-16)13-15-5-2-1-3-6-15;/h1-8,10,14,19H,9,11-13H2,(H,20,23);1H. The first kappa shape index (κ1) is 18.8. The third kappa shape index (κ3) is 6.10. The topological polar surface area (TPSA) is 72.1 Å². The van der Waals surface area contributed by atoms with Gasteiger partial charge >= 0.3 is 0 Å². The lowest BCUT2D eigenvalue weighted by atomic mass is 10.2. The molecular formula is C18H21ClN4O2. The van der Waals surface area contributed by atoms with Crippen LogP contribution in [0.2, 0.25) is 0 Å². The molecule has 1 amide bonds. The van der Waals surface area contributed by atoms with E-state index >= 15 is 0 Å². The molecule has 0 aliphatic rings. The van der Waals surface area contributed by atoms with E-state index in [1.807, 2.05) is 41.3 Å². The zero-order chi connectivity index (χ0) is 16.6. The highest BCUT2D eigenvalue weighted by atomic mass is 35.5. The Hall–Kier alpha value is -2.57. The second-order valence-corrected chi connectivity index (χ2v) is 5.49. The largest absolute Gasteiger partial charge is 0.467 e. The van der Waals surface area contributed by atoms with Gasteiger partial charge in [-0.3, -0.25) is 9.48 Å². The molecule has 25 heavy (non-hydrogen) atoms. The molecule has 0 aliphatic carbocycles. The van der Waals surface area contributed by atoms with Crippen LogP contribution in [0.5, 0.6) is 0 Å². The molecule has 3 aromatic rings. The summed E-state index contributed by atoms with van der Waals surface area (Å²) < 4.78 is 7.06. The minimum atomic E-state index is -0.0666. The summed E-state index contributed by atoms with van der Waals surface area (Å²) >= 11 is 0. The maximum atomic E-state index is 11.7. The number of furan rings is 1. The van der Waals surface area contributed by atoms with Crippen LogP contribution in [0.3, 0.4) is 0 Å². The summed E-state index contributed by atoms with van der Waals surface area (Å²) in [7, 11) is 0. The molecule has 132 valence electrons. The summed E-state index contributed by atoms with van der Waals surface area (Å²) in [6.45, 7) is 2.00. The molecule has 0 fully saturated rings. The maximum absolute atomic E-state index is 11.7. The molecule has 2 heterocycles. The second kappa shape index (κ2) is 9.66. The van der Waals surface area contributed by atoms with Crippen molar-refractivity contribution < 1.29 is 9.21 Å². The number of carbonyl (C=O) groups excluding carboxylic acids is 1. The van der Waals surface area contributed by atoms with Gasteiger partial charge in [0, 0.05) is 18.3 Å². The van der Waals surface area contributed by atoms with Gasteiger partial charge in [-0.15, -0.1) is 12.4 Å². The zero-order valence-corrected chi connectivity index (χ0v) is 14.5. The van der Waals surface area contributed by atoms with Crippen LogP contribution in [0, 0.1) is 0 Å². The van der Waals surface area contributed by atoms with Crippen molar-refractivity contribution in [3.63, 3.8) is 0 Å². The molecule has 0 spiro atoms. The van der Waals surface area contributed by atoms with Crippen molar-refractivity contribution in [1.29, 1.82) is 0 Å². The summed E-state index contributed by atoms with van der Waals surface area (Å²) in [4.78, 5) is 11.7. The van der Waals surface area contributed by atoms with Crippen LogP contribution >= 0.6 is 12.4 Å². The molecule has 0 radical (unpaired) electrons. The highest BCUT2D eigenvalue weighted by Gasteiger charge is 2.04. The Morgan fingerprint density at radius 2 is 1.92 bits per heavy atom. The van der Waals surface area contributed by atoms with Gasteiger partial charge in [0.2, 0.25) is 5.91 Å². The number of amides is 1. The fourth-order valence-electron chi connectivity index (χ4n) is 2.34. The van der Waals surface area contributed by atoms with Gasteiger partial charge < -0.3 is 15.1 Å². The molecule has 7 heteroatoms. The fraction of sp³-hybridized carbons (Fsp3) is 0.222. The van der Waals surface area contributed by atoms with E-state index in [1.165, 1.54) is 5.56 Å². The van der Waals surface area contributed by atoms with Crippen molar-refractivity contribution in [2.45, 2.75) is 19.6 Å². The van der Waals surface area contributed by atoms with Gasteiger partial charge in [-0.1, -0.05) is 30.3 Å². The van der Waals surface area contributed by atoms with Gasteiger partial charge in [-0.25, -0.2) is 0 Å². The second-order valence-electron chi connectivity index (χ2n) is 5.49. The molecule has 0 atom stereocenters. The number of nitrogens with one attached hydrogen (secondary N) is 2. The average Bonchev–Trinajstić information content (AvgIpc) is 3.26. The molecule has 3 rings (SSSR count). The summed E-state index contributed by atoms with van der Waals surface area (Å²) in [5, 5.41) is 10.2. The third-order valence-corrected chi connectivity index (χ3v) is 3.53. The molecule has 0 saturated carbocycles. The molecule has 0 unspecified atom stereocenters. The lowest BCUT2D eigenvalue weighted by molar-refractivity contribution is -0.120. The minimum Gasteiger partial charge on any atom is -0.467 e. The number of hydrogen-bond acceptors (Lipinski definition) is 4. The van der Waals surface area contributed by atoms with Gasteiger partial charge in [0.25, 0.3) is 0 Å². The summed E-state index contributed by atoms with van der Waals surface area (Å²) in [5.41, 5.74) is 2.25. The minimum absolute atomic E-state index is 0. The van der Waals surface area contributed by atoms with Crippen LogP contribution < -0.4 is 10.6 Å². The molecule has 2 N–H and O–H groups in total. The van der Waals surface area contributed by atoms with E-state index in [2.05, 4.69) is 27.9 Å². The lowest BCUT2D eigenvalue weighted by Crippen LogP contribution is -2.33. The first-order valence-corrected chi connectivity index (χ1v) is 7.84. The Labute approximate surface area is 152 Å². The van der Waals surface area contributed by atoms with Crippen LogP contribution in [0.1, 0.15) is 16.9 Å². The zero-order valence-electron chi connectivity index (χ0n) is 13.7. The quantitative estimate of drug-likeness (QED) is 0.647. The van der Waals surface area contributed by atoms with Gasteiger partial charge in [0.1, 0.15) is 5.76 Å². The normalized spacial score (nSPS) is 10.2. The van der Waals surface area contributed by atoms with Crippen molar-refractivity contribution >= 4 is 18.3 Å². The van der Waals surface area contributed by atoms with Gasteiger partial charge in [-0.2, -0.15) is 5.10 Å². The SMILES string of the molecule is Cl.O=C(CNCc1cnn(Cc2ccccc2)c1)NCc1ccco1. The smallest absolute Gasteiger partial charge is 0.234 e. The fourth-order valence-corrected chi connectivity index (χ4v) is 2.34. The molecule has 2 aromatic heterocycles. The van der Waals surface area contributed by atoms with Crippen molar-refractivity contribution in [1.82, 2.24) is 20.4 Å². The van der Waals surface area contributed by atoms with Gasteiger partial charge in [0.15, 0.2) is 0 Å². The van der Waals surface area contributed by atoms with Crippen LogP contribution in [0.4, 0.5) is 0 Å². The third-order valence-electron chi connectivity index (χ3n) is 3.53. The van der Waals surface area contributed by atoms with Crippen LogP contribution in [0.25, 0.3) is 0 Å². The van der Waals surface area contributed by atoms with Gasteiger partial charge in [-0.05, 0) is 17.7 Å². The van der Waals surface area contributed by atoms with E-state index in [0.29, 0.717) is 13.1 Å². The summed E-state index contributed by atoms with van der Waals surface area (Å²) in [6.07, 6.45) is 5.39. The molecular weight excluding hydrogens is 340 g/mol. The van der Waals surface area contributed by atoms with Crippen molar-refractivity contribution in [2.24, 2.45) is 0 Å². The predicted octanol–water partition coefficient (Wildman–Crippen LogP) is 2.35. The Balaban J connectivity index is 0.00000225. The highest BCUT2D eigenvalue weighted by Crippen LogP contribution is 2.04. The van der Waals surface area contributed by atoms with Crippen LogP contribution in [0.15, 0.2) is 65.5 Å². The highest BCUT2D eigenvalue weighted by molar-refractivity contribution is 5.85. The van der Waals surface area contributed by atoms with E-state index in [1.54, 1.807) is 12.3 Å². The number of hydrogen-bond donors (Lipinski definition) is 2. The van der Waals surface area contributed by atoms with Crippen molar-refractivity contribution in [3.05, 3.63) is 78.0 Å². The molecule has 1 aromatic carbocycles. The summed E-state index contributed by atoms with van der Waals surface area (Å²) in [6, 6.07) is 13.8. The number of benzene rings is 1. The molecule has 0 saturated heterocycles. The number of halogens is 1. The molecule has 0 aliphatic heterocycles. The number of rotatable bonds is 8. The Kier molecular flexibility index (Phi) is 7.25. The number of carbonyl (C=O) groups is 1. The molecule has 0 bridgehead atoms.